The summed E-state index contributed by atoms with van der Waals surface area (Å²) in [6, 6.07) is 25.9. The van der Waals surface area contributed by atoms with Crippen LogP contribution in [0, 0.1) is 0 Å². The molecule has 0 radical (unpaired) electrons. The molecule has 1 heteroatoms. The van der Waals surface area contributed by atoms with E-state index in [2.05, 4.69) is 97.7 Å². The maximum absolute atomic E-state index is 4.09. The van der Waals surface area contributed by atoms with Gasteiger partial charge in [0.1, 0.15) is 0 Å². The summed E-state index contributed by atoms with van der Waals surface area (Å²) in [5, 5.41) is 0. The van der Waals surface area contributed by atoms with Crippen molar-refractivity contribution in [3.05, 3.63) is 90.0 Å². The molecule has 3 aromatic carbocycles. The Bertz CT molecular complexity index is 843. The van der Waals surface area contributed by atoms with Crippen molar-refractivity contribution in [2.45, 2.75) is 19.8 Å². The molecule has 0 aromatic heterocycles. The summed E-state index contributed by atoms with van der Waals surface area (Å²) in [6.45, 7) is 4.50. The van der Waals surface area contributed by atoms with Crippen LogP contribution in [0.3, 0.4) is 0 Å². The minimum atomic E-state index is 0.468. The molecule has 130 valence electrons. The third kappa shape index (κ3) is 4.00. The minimum Gasteiger partial charge on any atom is -0.297 e. The molecule has 1 nitrogen and oxygen atoms in total. The van der Waals surface area contributed by atoms with Crippen LogP contribution in [0.2, 0.25) is 0 Å². The van der Waals surface area contributed by atoms with Gasteiger partial charge in [-0.05, 0) is 45.4 Å². The molecule has 0 amide bonds. The van der Waals surface area contributed by atoms with E-state index in [4.69, 9.17) is 0 Å². The molecule has 0 saturated carbocycles. The lowest BCUT2D eigenvalue weighted by Crippen LogP contribution is -1.95. The van der Waals surface area contributed by atoms with Crippen LogP contribution in [0.15, 0.2) is 83.9 Å². The fraction of sp³-hybridized carbons (Fsp3) is 0.160. The molecule has 0 fully saturated rings. The zero-order chi connectivity index (χ0) is 18.4. The van der Waals surface area contributed by atoms with E-state index < -0.39 is 0 Å². The Morgan fingerprint density at radius 1 is 0.769 bits per heavy atom. The molecule has 0 saturated heterocycles. The summed E-state index contributed by atoms with van der Waals surface area (Å²) in [6.07, 6.45) is 6.02. The second kappa shape index (κ2) is 8.44. The maximum Gasteiger partial charge on any atom is 0.0277 e. The Kier molecular flexibility index (Phi) is 5.80. The lowest BCUT2D eigenvalue weighted by molar-refractivity contribution is 0.867. The normalized spacial score (nSPS) is 11.7. The largest absolute Gasteiger partial charge is 0.297 e. The lowest BCUT2D eigenvalue weighted by atomic mass is 9.87. The number of rotatable bonds is 5. The van der Waals surface area contributed by atoms with E-state index in [0.717, 1.165) is 0 Å². The van der Waals surface area contributed by atoms with Crippen molar-refractivity contribution in [2.24, 2.45) is 4.99 Å². The third-order valence-corrected chi connectivity index (χ3v) is 4.54. The standard InChI is InChI=1S/C25H25N/c1-19(2)22-17-24(20-11-6-4-7-12-20)23(15-10-16-26-3)25(18-22)21-13-8-5-9-14-21/h4-19H,1-3H3/b15-10+,26-16?. The summed E-state index contributed by atoms with van der Waals surface area (Å²) < 4.78 is 0. The topological polar surface area (TPSA) is 12.4 Å². The number of hydrogen-bond donors (Lipinski definition) is 0. The van der Waals surface area contributed by atoms with Crippen LogP contribution in [0.25, 0.3) is 28.3 Å². The fourth-order valence-corrected chi connectivity index (χ4v) is 3.13. The molecule has 0 heterocycles. The van der Waals surface area contributed by atoms with E-state index in [1.165, 1.54) is 33.4 Å². The summed E-state index contributed by atoms with van der Waals surface area (Å²) >= 11 is 0. The van der Waals surface area contributed by atoms with Crippen molar-refractivity contribution in [3.8, 4) is 22.3 Å². The first-order valence-corrected chi connectivity index (χ1v) is 9.08. The van der Waals surface area contributed by atoms with Crippen LogP contribution >= 0.6 is 0 Å². The zero-order valence-electron chi connectivity index (χ0n) is 15.7. The summed E-state index contributed by atoms with van der Waals surface area (Å²) in [7, 11) is 1.79. The van der Waals surface area contributed by atoms with Crippen molar-refractivity contribution in [2.75, 3.05) is 7.05 Å². The van der Waals surface area contributed by atoms with Crippen molar-refractivity contribution in [1.29, 1.82) is 0 Å². The highest BCUT2D eigenvalue weighted by Gasteiger charge is 2.13. The van der Waals surface area contributed by atoms with Gasteiger partial charge < -0.3 is 0 Å². The molecular weight excluding hydrogens is 314 g/mol. The number of hydrogen-bond acceptors (Lipinski definition) is 1. The number of aliphatic imine (C=N–C) groups is 1. The van der Waals surface area contributed by atoms with Gasteiger partial charge in [-0.2, -0.15) is 0 Å². The van der Waals surface area contributed by atoms with Gasteiger partial charge in [0.15, 0.2) is 0 Å². The van der Waals surface area contributed by atoms with Gasteiger partial charge in [-0.25, -0.2) is 0 Å². The van der Waals surface area contributed by atoms with Gasteiger partial charge in [0.2, 0.25) is 0 Å². The highest BCUT2D eigenvalue weighted by molar-refractivity contribution is 5.90. The highest BCUT2D eigenvalue weighted by Crippen LogP contribution is 2.36. The van der Waals surface area contributed by atoms with Crippen molar-refractivity contribution < 1.29 is 0 Å². The Morgan fingerprint density at radius 3 is 1.69 bits per heavy atom. The van der Waals surface area contributed by atoms with Gasteiger partial charge in [0, 0.05) is 13.3 Å². The highest BCUT2D eigenvalue weighted by atomic mass is 14.6. The molecule has 26 heavy (non-hydrogen) atoms. The SMILES string of the molecule is CN=C/C=C/c1c(-c2ccccc2)cc(C(C)C)cc1-c1ccccc1. The van der Waals surface area contributed by atoms with Crippen LogP contribution in [0.4, 0.5) is 0 Å². The average molecular weight is 339 g/mol. The van der Waals surface area contributed by atoms with E-state index >= 15 is 0 Å². The maximum atomic E-state index is 4.09. The first-order chi connectivity index (χ1) is 12.7. The average Bonchev–Trinajstić information content (AvgIpc) is 2.69. The van der Waals surface area contributed by atoms with Crippen LogP contribution in [0.5, 0.6) is 0 Å². The first kappa shape index (κ1) is 17.9. The van der Waals surface area contributed by atoms with E-state index in [-0.39, 0.29) is 0 Å². The molecule has 3 aromatic rings. The monoisotopic (exact) mass is 339 g/mol. The second-order valence-electron chi connectivity index (χ2n) is 6.68. The second-order valence-corrected chi connectivity index (χ2v) is 6.68. The predicted molar refractivity (Wildman–Crippen MR) is 115 cm³/mol. The van der Waals surface area contributed by atoms with E-state index in [1.807, 2.05) is 12.3 Å². The van der Waals surface area contributed by atoms with E-state index in [0.29, 0.717) is 5.92 Å². The first-order valence-electron chi connectivity index (χ1n) is 9.08. The van der Waals surface area contributed by atoms with Crippen LogP contribution < -0.4 is 0 Å². The molecule has 3 rings (SSSR count). The fourth-order valence-electron chi connectivity index (χ4n) is 3.13. The summed E-state index contributed by atoms with van der Waals surface area (Å²) in [4.78, 5) is 4.09. The number of benzene rings is 3. The molecule has 0 N–H and O–H groups in total. The van der Waals surface area contributed by atoms with Crippen molar-refractivity contribution in [1.82, 2.24) is 0 Å². The number of nitrogens with zero attached hydrogens (tertiary/aromatic N) is 1. The zero-order valence-corrected chi connectivity index (χ0v) is 15.7. The van der Waals surface area contributed by atoms with Crippen LogP contribution in [-0.4, -0.2) is 13.3 Å². The Balaban J connectivity index is 2.32. The van der Waals surface area contributed by atoms with Gasteiger partial charge in [0.25, 0.3) is 0 Å². The smallest absolute Gasteiger partial charge is 0.0277 e. The molecule has 0 bridgehead atoms. The Morgan fingerprint density at radius 2 is 1.27 bits per heavy atom. The molecular formula is C25H25N. The minimum absolute atomic E-state index is 0.468. The Labute approximate surface area is 156 Å². The Hall–Kier alpha value is -2.93. The van der Waals surface area contributed by atoms with Crippen LogP contribution in [0.1, 0.15) is 30.9 Å². The predicted octanol–water partition coefficient (Wildman–Crippen LogP) is 6.86. The molecule has 0 aliphatic heterocycles. The van der Waals surface area contributed by atoms with E-state index in [1.54, 1.807) is 7.05 Å². The van der Waals surface area contributed by atoms with Gasteiger partial charge in [-0.1, -0.05) is 92.7 Å². The van der Waals surface area contributed by atoms with Gasteiger partial charge in [-0.3, -0.25) is 4.99 Å². The number of allylic oxidation sites excluding steroid dienone is 1. The lowest BCUT2D eigenvalue weighted by Gasteiger charge is -2.17. The summed E-state index contributed by atoms with van der Waals surface area (Å²) in [5.74, 6) is 0.468. The molecule has 0 unspecified atom stereocenters. The van der Waals surface area contributed by atoms with Gasteiger partial charge >= 0.3 is 0 Å². The van der Waals surface area contributed by atoms with Crippen LogP contribution in [-0.2, 0) is 0 Å². The molecule has 0 aliphatic carbocycles. The van der Waals surface area contributed by atoms with Crippen molar-refractivity contribution >= 4 is 12.3 Å². The molecule has 0 spiro atoms. The molecule has 0 atom stereocenters. The van der Waals surface area contributed by atoms with Gasteiger partial charge in [0.05, 0.1) is 0 Å². The summed E-state index contributed by atoms with van der Waals surface area (Å²) in [5.41, 5.74) is 7.57. The molecule has 0 aliphatic rings. The van der Waals surface area contributed by atoms with Gasteiger partial charge in [-0.15, -0.1) is 0 Å². The van der Waals surface area contributed by atoms with Crippen molar-refractivity contribution in [3.63, 3.8) is 0 Å². The van der Waals surface area contributed by atoms with E-state index in [9.17, 15) is 0 Å². The quantitative estimate of drug-likeness (QED) is 0.450. The third-order valence-electron chi connectivity index (χ3n) is 4.54.